The molecule has 1 aromatic rings. The van der Waals surface area contributed by atoms with Gasteiger partial charge in [-0.1, -0.05) is 0 Å². The molecule has 1 fully saturated rings. The van der Waals surface area contributed by atoms with E-state index in [9.17, 15) is 4.79 Å². The van der Waals surface area contributed by atoms with Gasteiger partial charge in [0.15, 0.2) is 0 Å². The van der Waals surface area contributed by atoms with Crippen molar-refractivity contribution in [3.05, 3.63) is 22.5 Å². The first kappa shape index (κ1) is 8.29. The van der Waals surface area contributed by atoms with Crippen LogP contribution in [0, 0.1) is 5.92 Å². The van der Waals surface area contributed by atoms with Crippen LogP contribution in [0.3, 0.4) is 0 Å². The molecular formula is C9H12N2O2. The lowest BCUT2D eigenvalue weighted by molar-refractivity contribution is 0.280. The van der Waals surface area contributed by atoms with E-state index in [2.05, 4.69) is 5.10 Å². The molecule has 1 saturated carbocycles. The van der Waals surface area contributed by atoms with Gasteiger partial charge >= 0.3 is 0 Å². The molecule has 4 heteroatoms. The van der Waals surface area contributed by atoms with Gasteiger partial charge in [0.05, 0.1) is 6.61 Å². The Labute approximate surface area is 76.1 Å². The summed E-state index contributed by atoms with van der Waals surface area (Å²) in [4.78, 5) is 11.0. The maximum Gasteiger partial charge on any atom is 0.266 e. The van der Waals surface area contributed by atoms with Crippen LogP contribution in [0.4, 0.5) is 0 Å². The number of rotatable bonds is 3. The SMILES string of the molecule is Cn1nc(OCC2CC2)ccc1=O. The van der Waals surface area contributed by atoms with Gasteiger partial charge in [-0.2, -0.15) is 0 Å². The second-order valence-electron chi connectivity index (χ2n) is 3.39. The van der Waals surface area contributed by atoms with E-state index in [0.29, 0.717) is 11.8 Å². The number of hydrogen-bond acceptors (Lipinski definition) is 3. The topological polar surface area (TPSA) is 44.1 Å². The first-order valence-corrected chi connectivity index (χ1v) is 4.43. The van der Waals surface area contributed by atoms with E-state index in [0.717, 1.165) is 6.61 Å². The second kappa shape index (κ2) is 3.20. The summed E-state index contributed by atoms with van der Waals surface area (Å²) in [7, 11) is 1.62. The summed E-state index contributed by atoms with van der Waals surface area (Å²) in [6.07, 6.45) is 2.51. The van der Waals surface area contributed by atoms with Crippen molar-refractivity contribution in [2.75, 3.05) is 6.61 Å². The molecule has 13 heavy (non-hydrogen) atoms. The maximum atomic E-state index is 11.0. The van der Waals surface area contributed by atoms with Gasteiger partial charge in [0.25, 0.3) is 5.56 Å². The van der Waals surface area contributed by atoms with Gasteiger partial charge in [-0.3, -0.25) is 4.79 Å². The fourth-order valence-electron chi connectivity index (χ4n) is 1.05. The van der Waals surface area contributed by atoms with Crippen LogP contribution >= 0.6 is 0 Å². The van der Waals surface area contributed by atoms with Crippen LogP contribution in [-0.4, -0.2) is 16.4 Å². The van der Waals surface area contributed by atoms with E-state index in [1.807, 2.05) is 0 Å². The summed E-state index contributed by atoms with van der Waals surface area (Å²) >= 11 is 0. The molecule has 4 nitrogen and oxygen atoms in total. The molecule has 0 spiro atoms. The van der Waals surface area contributed by atoms with Crippen molar-refractivity contribution >= 4 is 0 Å². The van der Waals surface area contributed by atoms with Crippen LogP contribution < -0.4 is 10.3 Å². The van der Waals surface area contributed by atoms with Crippen molar-refractivity contribution in [1.29, 1.82) is 0 Å². The average Bonchev–Trinajstić information content (AvgIpc) is 2.91. The highest BCUT2D eigenvalue weighted by molar-refractivity contribution is 5.06. The number of ether oxygens (including phenoxy) is 1. The quantitative estimate of drug-likeness (QED) is 0.683. The molecule has 0 unspecified atom stereocenters. The van der Waals surface area contributed by atoms with Crippen LogP contribution in [0.5, 0.6) is 5.88 Å². The molecule has 70 valence electrons. The fraction of sp³-hybridized carbons (Fsp3) is 0.556. The Morgan fingerprint density at radius 3 is 3.00 bits per heavy atom. The van der Waals surface area contributed by atoms with Gasteiger partial charge < -0.3 is 4.74 Å². The minimum absolute atomic E-state index is 0.112. The van der Waals surface area contributed by atoms with Gasteiger partial charge in [-0.25, -0.2) is 4.68 Å². The number of aromatic nitrogens is 2. The van der Waals surface area contributed by atoms with Crippen molar-refractivity contribution in [3.63, 3.8) is 0 Å². The molecule has 0 saturated heterocycles. The highest BCUT2D eigenvalue weighted by Gasteiger charge is 2.22. The average molecular weight is 180 g/mol. The Morgan fingerprint density at radius 1 is 1.62 bits per heavy atom. The molecule has 1 aliphatic rings. The van der Waals surface area contributed by atoms with Crippen LogP contribution in [0.1, 0.15) is 12.8 Å². The summed E-state index contributed by atoms with van der Waals surface area (Å²) in [5.74, 6) is 1.24. The largest absolute Gasteiger partial charge is 0.476 e. The van der Waals surface area contributed by atoms with E-state index in [1.54, 1.807) is 13.1 Å². The van der Waals surface area contributed by atoms with Crippen LogP contribution in [0.25, 0.3) is 0 Å². The minimum atomic E-state index is -0.112. The number of hydrogen-bond donors (Lipinski definition) is 0. The summed E-state index contributed by atoms with van der Waals surface area (Å²) in [5, 5.41) is 3.95. The molecule has 0 N–H and O–H groups in total. The van der Waals surface area contributed by atoms with Crippen molar-refractivity contribution < 1.29 is 4.74 Å². The summed E-state index contributed by atoms with van der Waals surface area (Å²) in [5.41, 5.74) is -0.112. The van der Waals surface area contributed by atoms with Crippen LogP contribution in [-0.2, 0) is 7.05 Å². The molecular weight excluding hydrogens is 168 g/mol. The monoisotopic (exact) mass is 180 g/mol. The van der Waals surface area contributed by atoms with E-state index in [1.165, 1.54) is 23.6 Å². The first-order chi connectivity index (χ1) is 6.25. The lowest BCUT2D eigenvalue weighted by Crippen LogP contribution is -2.18. The zero-order chi connectivity index (χ0) is 9.26. The number of aryl methyl sites for hydroxylation is 1. The molecule has 0 aromatic carbocycles. The molecule has 1 heterocycles. The molecule has 0 amide bonds. The molecule has 2 rings (SSSR count). The zero-order valence-electron chi connectivity index (χ0n) is 7.56. The molecule has 1 aliphatic carbocycles. The summed E-state index contributed by atoms with van der Waals surface area (Å²) < 4.78 is 6.67. The Hall–Kier alpha value is -1.32. The zero-order valence-corrected chi connectivity index (χ0v) is 7.56. The lowest BCUT2D eigenvalue weighted by atomic mass is 10.5. The Bertz CT molecular complexity index is 355. The molecule has 0 bridgehead atoms. The molecule has 0 radical (unpaired) electrons. The van der Waals surface area contributed by atoms with Crippen molar-refractivity contribution in [1.82, 2.24) is 9.78 Å². The smallest absolute Gasteiger partial charge is 0.266 e. The Balaban J connectivity index is 2.02. The standard InChI is InChI=1S/C9H12N2O2/c1-11-9(12)5-4-8(10-11)13-6-7-2-3-7/h4-5,7H,2-3,6H2,1H3. The normalized spacial score (nSPS) is 15.8. The van der Waals surface area contributed by atoms with Gasteiger partial charge in [0.2, 0.25) is 5.88 Å². The van der Waals surface area contributed by atoms with Gasteiger partial charge in [0.1, 0.15) is 0 Å². The predicted octanol–water partition coefficient (Wildman–Crippen LogP) is 0.569. The van der Waals surface area contributed by atoms with E-state index < -0.39 is 0 Å². The molecule has 0 aliphatic heterocycles. The summed E-state index contributed by atoms with van der Waals surface area (Å²) in [6.45, 7) is 0.727. The third-order valence-electron chi connectivity index (χ3n) is 2.10. The van der Waals surface area contributed by atoms with E-state index >= 15 is 0 Å². The van der Waals surface area contributed by atoms with Crippen molar-refractivity contribution in [2.45, 2.75) is 12.8 Å². The predicted molar refractivity (Wildman–Crippen MR) is 47.7 cm³/mol. The molecule has 0 atom stereocenters. The Morgan fingerprint density at radius 2 is 2.38 bits per heavy atom. The summed E-state index contributed by atoms with van der Waals surface area (Å²) in [6, 6.07) is 3.08. The number of nitrogens with zero attached hydrogens (tertiary/aromatic N) is 2. The Kier molecular flexibility index (Phi) is 2.04. The van der Waals surface area contributed by atoms with Crippen LogP contribution in [0.2, 0.25) is 0 Å². The first-order valence-electron chi connectivity index (χ1n) is 4.43. The highest BCUT2D eigenvalue weighted by atomic mass is 16.5. The third-order valence-corrected chi connectivity index (χ3v) is 2.10. The van der Waals surface area contributed by atoms with Crippen LogP contribution in [0.15, 0.2) is 16.9 Å². The maximum absolute atomic E-state index is 11.0. The fourth-order valence-corrected chi connectivity index (χ4v) is 1.05. The third kappa shape index (κ3) is 2.08. The van der Waals surface area contributed by atoms with Gasteiger partial charge in [-0.15, -0.1) is 5.10 Å². The lowest BCUT2D eigenvalue weighted by Gasteiger charge is -2.03. The molecule has 1 aromatic heterocycles. The highest BCUT2D eigenvalue weighted by Crippen LogP contribution is 2.28. The van der Waals surface area contributed by atoms with Gasteiger partial charge in [0, 0.05) is 19.2 Å². The van der Waals surface area contributed by atoms with E-state index in [4.69, 9.17) is 4.74 Å². The van der Waals surface area contributed by atoms with Crippen molar-refractivity contribution in [3.8, 4) is 5.88 Å². The van der Waals surface area contributed by atoms with Crippen molar-refractivity contribution in [2.24, 2.45) is 13.0 Å². The van der Waals surface area contributed by atoms with Gasteiger partial charge in [-0.05, 0) is 18.8 Å². The second-order valence-corrected chi connectivity index (χ2v) is 3.39. The minimum Gasteiger partial charge on any atom is -0.476 e. The van der Waals surface area contributed by atoms with E-state index in [-0.39, 0.29) is 5.56 Å².